The quantitative estimate of drug-likeness (QED) is 0.871. The summed E-state index contributed by atoms with van der Waals surface area (Å²) in [4.78, 5) is 13.7. The number of rotatable bonds is 3. The van der Waals surface area contributed by atoms with Crippen LogP contribution in [0.15, 0.2) is 29.8 Å². The molecular formula is C18H22F3NO4. The fourth-order valence-corrected chi connectivity index (χ4v) is 2.66. The van der Waals surface area contributed by atoms with E-state index in [1.807, 2.05) is 0 Å². The maximum absolute atomic E-state index is 12.2. The lowest BCUT2D eigenvalue weighted by Gasteiger charge is -2.32. The predicted molar refractivity (Wildman–Crippen MR) is 89.6 cm³/mol. The molecule has 0 saturated carbocycles. The Balaban J connectivity index is 2.15. The minimum Gasteiger partial charge on any atom is -0.444 e. The molecule has 0 bridgehead atoms. The molecule has 26 heavy (non-hydrogen) atoms. The smallest absolute Gasteiger partial charge is 0.444 e. The van der Waals surface area contributed by atoms with Crippen LogP contribution in [0.3, 0.4) is 0 Å². The average molecular weight is 373 g/mol. The standard InChI is InChI=1S/C18H22F3NO4/c1-17(2,3)26-16(24)22-9-8-15(13(10-22)11-23)12-4-6-14(7-5-12)25-18(19,20)21/h4-7,23H,8-11H2,1-3H3. The molecule has 1 aliphatic heterocycles. The van der Waals surface area contributed by atoms with Crippen molar-refractivity contribution in [3.8, 4) is 5.75 Å². The molecule has 1 amide bonds. The molecule has 1 aromatic rings. The number of ether oxygens (including phenoxy) is 2. The van der Waals surface area contributed by atoms with Crippen molar-refractivity contribution in [1.29, 1.82) is 0 Å². The van der Waals surface area contributed by atoms with Crippen molar-refractivity contribution in [3.63, 3.8) is 0 Å². The van der Waals surface area contributed by atoms with Crippen molar-refractivity contribution in [3.05, 3.63) is 35.4 Å². The van der Waals surface area contributed by atoms with Gasteiger partial charge in [0.25, 0.3) is 0 Å². The second-order valence-corrected chi connectivity index (χ2v) is 6.96. The second-order valence-electron chi connectivity index (χ2n) is 6.96. The average Bonchev–Trinajstić information content (AvgIpc) is 2.52. The summed E-state index contributed by atoms with van der Waals surface area (Å²) < 4.78 is 45.9. The maximum Gasteiger partial charge on any atom is 0.573 e. The maximum atomic E-state index is 12.2. The van der Waals surface area contributed by atoms with Crippen molar-refractivity contribution in [2.24, 2.45) is 0 Å². The highest BCUT2D eigenvalue weighted by Crippen LogP contribution is 2.30. The topological polar surface area (TPSA) is 59.0 Å². The lowest BCUT2D eigenvalue weighted by Crippen LogP contribution is -2.41. The molecule has 144 valence electrons. The molecule has 1 aliphatic rings. The van der Waals surface area contributed by atoms with Crippen LogP contribution in [0.1, 0.15) is 32.8 Å². The predicted octanol–water partition coefficient (Wildman–Crippen LogP) is 3.97. The zero-order valence-electron chi connectivity index (χ0n) is 14.9. The zero-order chi connectivity index (χ0) is 19.5. The van der Waals surface area contributed by atoms with Gasteiger partial charge in [0.1, 0.15) is 11.4 Å². The number of halogens is 3. The highest BCUT2D eigenvalue weighted by molar-refractivity contribution is 5.75. The van der Waals surface area contributed by atoms with Crippen LogP contribution in [0, 0.1) is 0 Å². The van der Waals surface area contributed by atoms with Crippen molar-refractivity contribution in [1.82, 2.24) is 4.90 Å². The lowest BCUT2D eigenvalue weighted by molar-refractivity contribution is -0.274. The van der Waals surface area contributed by atoms with Gasteiger partial charge < -0.3 is 19.5 Å². The summed E-state index contributed by atoms with van der Waals surface area (Å²) in [5.74, 6) is -0.307. The number of benzene rings is 1. The molecule has 0 spiro atoms. The first kappa shape index (κ1) is 20.1. The van der Waals surface area contributed by atoms with E-state index < -0.39 is 18.1 Å². The molecule has 0 atom stereocenters. The zero-order valence-corrected chi connectivity index (χ0v) is 14.9. The molecule has 1 heterocycles. The van der Waals surface area contributed by atoms with Crippen LogP contribution in [0.5, 0.6) is 5.75 Å². The second kappa shape index (κ2) is 7.57. The van der Waals surface area contributed by atoms with Gasteiger partial charge in [-0.2, -0.15) is 0 Å². The van der Waals surface area contributed by atoms with Gasteiger partial charge in [0.2, 0.25) is 0 Å². The Morgan fingerprint density at radius 1 is 1.19 bits per heavy atom. The van der Waals surface area contributed by atoms with Gasteiger partial charge in [-0.25, -0.2) is 4.79 Å². The summed E-state index contributed by atoms with van der Waals surface area (Å²) in [5.41, 5.74) is 1.51. The molecule has 8 heteroatoms. The largest absolute Gasteiger partial charge is 0.573 e. The van der Waals surface area contributed by atoms with Gasteiger partial charge in [-0.1, -0.05) is 12.1 Å². The van der Waals surface area contributed by atoms with Gasteiger partial charge in [-0.3, -0.25) is 0 Å². The molecule has 1 N–H and O–H groups in total. The van der Waals surface area contributed by atoms with Crippen molar-refractivity contribution in [2.45, 2.75) is 39.2 Å². The Bertz CT molecular complexity index is 675. The first-order valence-electron chi connectivity index (χ1n) is 8.14. The van der Waals surface area contributed by atoms with Crippen LogP contribution in [0.4, 0.5) is 18.0 Å². The Morgan fingerprint density at radius 3 is 2.31 bits per heavy atom. The number of aliphatic hydroxyl groups is 1. The van der Waals surface area contributed by atoms with Crippen LogP contribution in [-0.4, -0.2) is 47.8 Å². The van der Waals surface area contributed by atoms with Gasteiger partial charge in [0.15, 0.2) is 0 Å². The third-order valence-electron chi connectivity index (χ3n) is 3.72. The Labute approximate surface area is 150 Å². The SMILES string of the molecule is CC(C)(C)OC(=O)N1CCC(c2ccc(OC(F)(F)F)cc2)=C(CO)C1. The Hall–Kier alpha value is -2.22. The summed E-state index contributed by atoms with van der Waals surface area (Å²) in [6.45, 7) is 5.67. The molecule has 0 radical (unpaired) electrons. The van der Waals surface area contributed by atoms with E-state index in [1.54, 1.807) is 20.8 Å². The van der Waals surface area contributed by atoms with Crippen molar-refractivity contribution in [2.75, 3.05) is 19.7 Å². The molecular weight excluding hydrogens is 351 g/mol. The first-order chi connectivity index (χ1) is 12.0. The highest BCUT2D eigenvalue weighted by Gasteiger charge is 2.31. The minimum atomic E-state index is -4.74. The van der Waals surface area contributed by atoms with Crippen molar-refractivity contribution >= 4 is 11.7 Å². The fourth-order valence-electron chi connectivity index (χ4n) is 2.66. The summed E-state index contributed by atoms with van der Waals surface area (Å²) in [6, 6.07) is 5.47. The number of carbonyl (C=O) groups is 1. The fraction of sp³-hybridized carbons (Fsp3) is 0.500. The van der Waals surface area contributed by atoms with E-state index in [2.05, 4.69) is 4.74 Å². The normalized spacial score (nSPS) is 15.9. The van der Waals surface area contributed by atoms with E-state index >= 15 is 0 Å². The number of carbonyl (C=O) groups excluding carboxylic acids is 1. The lowest BCUT2D eigenvalue weighted by atomic mass is 9.94. The summed E-state index contributed by atoms with van der Waals surface area (Å²) in [5, 5.41) is 9.65. The van der Waals surface area contributed by atoms with Crippen molar-refractivity contribution < 1.29 is 32.5 Å². The van der Waals surface area contributed by atoms with Crippen LogP contribution in [0.2, 0.25) is 0 Å². The summed E-state index contributed by atoms with van der Waals surface area (Å²) in [6.07, 6.45) is -4.74. The Morgan fingerprint density at radius 2 is 1.81 bits per heavy atom. The molecule has 1 aromatic carbocycles. The van der Waals surface area contributed by atoms with E-state index in [4.69, 9.17) is 4.74 Å². The highest BCUT2D eigenvalue weighted by atomic mass is 19.4. The number of nitrogens with zero attached hydrogens (tertiary/aromatic N) is 1. The van der Waals surface area contributed by atoms with Gasteiger partial charge in [0.05, 0.1) is 6.61 Å². The number of alkyl halides is 3. The Kier molecular flexibility index (Phi) is 5.85. The minimum absolute atomic E-state index is 0.210. The molecule has 0 aromatic heterocycles. The van der Waals surface area contributed by atoms with Crippen LogP contribution >= 0.6 is 0 Å². The van der Waals surface area contributed by atoms with Gasteiger partial charge in [-0.15, -0.1) is 13.2 Å². The van der Waals surface area contributed by atoms with E-state index in [0.29, 0.717) is 24.1 Å². The molecule has 0 aliphatic carbocycles. The van der Waals surface area contributed by atoms with Crippen LogP contribution in [-0.2, 0) is 4.74 Å². The van der Waals surface area contributed by atoms with Crippen LogP contribution < -0.4 is 4.74 Å². The number of hydrogen-bond acceptors (Lipinski definition) is 4. The van der Waals surface area contributed by atoms with Gasteiger partial charge >= 0.3 is 12.5 Å². The third kappa shape index (κ3) is 5.66. The molecule has 0 saturated heterocycles. The molecule has 2 rings (SSSR count). The van der Waals surface area contributed by atoms with Gasteiger partial charge in [0, 0.05) is 13.1 Å². The molecule has 0 fully saturated rings. The number of hydrogen-bond donors (Lipinski definition) is 1. The van der Waals surface area contributed by atoms with E-state index in [-0.39, 0.29) is 18.9 Å². The summed E-state index contributed by atoms with van der Waals surface area (Å²) in [7, 11) is 0. The monoisotopic (exact) mass is 373 g/mol. The number of amides is 1. The summed E-state index contributed by atoms with van der Waals surface area (Å²) >= 11 is 0. The molecule has 5 nitrogen and oxygen atoms in total. The van der Waals surface area contributed by atoms with E-state index in [0.717, 1.165) is 5.57 Å². The van der Waals surface area contributed by atoms with Gasteiger partial charge in [-0.05, 0) is 56.0 Å². The number of aliphatic hydroxyl groups excluding tert-OH is 1. The first-order valence-corrected chi connectivity index (χ1v) is 8.14. The van der Waals surface area contributed by atoms with Crippen LogP contribution in [0.25, 0.3) is 5.57 Å². The van der Waals surface area contributed by atoms with E-state index in [1.165, 1.54) is 29.2 Å². The molecule has 0 unspecified atom stereocenters. The third-order valence-corrected chi connectivity index (χ3v) is 3.72. The van der Waals surface area contributed by atoms with E-state index in [9.17, 15) is 23.1 Å².